The Balaban J connectivity index is 1.65. The van der Waals surface area contributed by atoms with E-state index in [1.807, 2.05) is 37.3 Å². The van der Waals surface area contributed by atoms with Crippen molar-refractivity contribution in [3.05, 3.63) is 64.2 Å². The van der Waals surface area contributed by atoms with Gasteiger partial charge in [-0.2, -0.15) is 0 Å². The maximum atomic E-state index is 13.2. The minimum Gasteiger partial charge on any atom is -0.379 e. The highest BCUT2D eigenvalue weighted by Crippen LogP contribution is 2.30. The van der Waals surface area contributed by atoms with Crippen LogP contribution in [0.4, 0.5) is 0 Å². The Morgan fingerprint density at radius 2 is 1.90 bits per heavy atom. The molecule has 1 fully saturated rings. The van der Waals surface area contributed by atoms with Crippen LogP contribution in [0.15, 0.2) is 47.4 Å². The molecule has 0 spiro atoms. The van der Waals surface area contributed by atoms with Crippen molar-refractivity contribution in [2.75, 3.05) is 39.4 Å². The summed E-state index contributed by atoms with van der Waals surface area (Å²) in [5, 5.41) is 3.70. The highest BCUT2D eigenvalue weighted by Gasteiger charge is 2.22. The van der Waals surface area contributed by atoms with Crippen molar-refractivity contribution in [2.45, 2.75) is 13.3 Å². The van der Waals surface area contributed by atoms with Gasteiger partial charge >= 0.3 is 0 Å². The van der Waals surface area contributed by atoms with E-state index in [-0.39, 0.29) is 11.5 Å². The molecular formula is C24H28N4O3. The molecule has 2 aromatic heterocycles. The van der Waals surface area contributed by atoms with Gasteiger partial charge in [-0.25, -0.2) is 0 Å². The van der Waals surface area contributed by atoms with Crippen LogP contribution < -0.4 is 10.9 Å². The lowest BCUT2D eigenvalue weighted by atomic mass is 9.97. The van der Waals surface area contributed by atoms with Crippen molar-refractivity contribution in [1.29, 1.82) is 0 Å². The lowest BCUT2D eigenvalue weighted by Crippen LogP contribution is -2.38. The molecule has 0 bridgehead atoms. The molecule has 7 nitrogen and oxygen atoms in total. The predicted molar refractivity (Wildman–Crippen MR) is 121 cm³/mol. The first-order chi connectivity index (χ1) is 15.1. The van der Waals surface area contributed by atoms with Gasteiger partial charge in [-0.3, -0.25) is 19.5 Å². The van der Waals surface area contributed by atoms with Gasteiger partial charge in [-0.1, -0.05) is 35.9 Å². The van der Waals surface area contributed by atoms with Crippen LogP contribution in [0.3, 0.4) is 0 Å². The van der Waals surface area contributed by atoms with Crippen LogP contribution >= 0.6 is 0 Å². The topological polar surface area (TPSA) is 76.5 Å². The first kappa shape index (κ1) is 21.2. The molecule has 3 heterocycles. The van der Waals surface area contributed by atoms with Gasteiger partial charge in [-0.05, 0) is 31.5 Å². The Hall–Kier alpha value is -3.03. The number of morpholine rings is 1. The summed E-state index contributed by atoms with van der Waals surface area (Å²) in [6.45, 7) is 6.86. The van der Waals surface area contributed by atoms with Crippen molar-refractivity contribution in [3.8, 4) is 11.1 Å². The van der Waals surface area contributed by atoms with Crippen molar-refractivity contribution < 1.29 is 9.53 Å². The Bertz CT molecular complexity index is 1130. The molecule has 1 aromatic carbocycles. The Morgan fingerprint density at radius 1 is 1.16 bits per heavy atom. The van der Waals surface area contributed by atoms with E-state index in [0.29, 0.717) is 23.1 Å². The fourth-order valence-corrected chi connectivity index (χ4v) is 4.02. The quantitative estimate of drug-likeness (QED) is 0.620. The monoisotopic (exact) mass is 420 g/mol. The predicted octanol–water partition coefficient (Wildman–Crippen LogP) is 2.36. The van der Waals surface area contributed by atoms with E-state index in [9.17, 15) is 9.59 Å². The van der Waals surface area contributed by atoms with E-state index in [1.165, 1.54) is 4.57 Å². The lowest BCUT2D eigenvalue weighted by Gasteiger charge is -2.26. The molecule has 0 radical (unpaired) electrons. The molecule has 31 heavy (non-hydrogen) atoms. The number of carbonyl (C=O) groups excluding carboxylic acids is 1. The van der Waals surface area contributed by atoms with Crippen LogP contribution in [-0.4, -0.2) is 59.8 Å². The van der Waals surface area contributed by atoms with Crippen LogP contribution in [0.5, 0.6) is 0 Å². The maximum absolute atomic E-state index is 13.2. The second-order valence-corrected chi connectivity index (χ2v) is 7.92. The summed E-state index contributed by atoms with van der Waals surface area (Å²) in [4.78, 5) is 32.8. The second kappa shape index (κ2) is 9.41. The Morgan fingerprint density at radius 3 is 2.65 bits per heavy atom. The molecule has 0 saturated carbocycles. The summed E-state index contributed by atoms with van der Waals surface area (Å²) in [6.07, 6.45) is 2.45. The van der Waals surface area contributed by atoms with Crippen LogP contribution in [-0.2, 0) is 11.8 Å². The summed E-state index contributed by atoms with van der Waals surface area (Å²) < 4.78 is 6.79. The third-order valence-electron chi connectivity index (χ3n) is 5.75. The van der Waals surface area contributed by atoms with Gasteiger partial charge in [0.25, 0.3) is 11.5 Å². The molecule has 1 aliphatic heterocycles. The molecule has 3 aromatic rings. The van der Waals surface area contributed by atoms with Gasteiger partial charge in [0.05, 0.1) is 13.2 Å². The van der Waals surface area contributed by atoms with Crippen LogP contribution in [0.1, 0.15) is 22.5 Å². The summed E-state index contributed by atoms with van der Waals surface area (Å²) in [6, 6.07) is 11.6. The smallest absolute Gasteiger partial charge is 0.277 e. The number of nitrogens with one attached hydrogen (secondary N) is 1. The van der Waals surface area contributed by atoms with Crippen LogP contribution in [0.25, 0.3) is 22.0 Å². The number of fused-ring (bicyclic) bond motifs is 1. The van der Waals surface area contributed by atoms with Crippen molar-refractivity contribution in [3.63, 3.8) is 0 Å². The van der Waals surface area contributed by atoms with E-state index in [1.54, 1.807) is 19.3 Å². The number of aryl methyl sites for hydroxylation is 1. The van der Waals surface area contributed by atoms with E-state index < -0.39 is 0 Å². The zero-order valence-corrected chi connectivity index (χ0v) is 18.1. The van der Waals surface area contributed by atoms with E-state index in [2.05, 4.69) is 15.2 Å². The molecule has 1 aliphatic rings. The van der Waals surface area contributed by atoms with Crippen molar-refractivity contribution in [1.82, 2.24) is 19.8 Å². The average molecular weight is 421 g/mol. The largest absolute Gasteiger partial charge is 0.379 e. The number of hydrogen-bond donors (Lipinski definition) is 1. The minimum absolute atomic E-state index is 0.247. The van der Waals surface area contributed by atoms with E-state index in [4.69, 9.17) is 4.74 Å². The first-order valence-electron chi connectivity index (χ1n) is 10.7. The summed E-state index contributed by atoms with van der Waals surface area (Å²) >= 11 is 0. The SMILES string of the molecule is Cc1ccc(-c2c(C(=O)NCCCN3CCOCC3)n(C)c(=O)c3ncccc23)cc1. The van der Waals surface area contributed by atoms with Crippen molar-refractivity contribution in [2.24, 2.45) is 7.05 Å². The Labute approximate surface area is 181 Å². The summed E-state index contributed by atoms with van der Waals surface area (Å²) in [7, 11) is 1.64. The molecule has 162 valence electrons. The van der Waals surface area contributed by atoms with Gasteiger partial charge in [0, 0.05) is 43.8 Å². The standard InChI is InChI=1S/C24H28N4O3/c1-17-6-8-18(9-7-17)20-19-5-3-10-25-21(19)24(30)27(2)22(20)23(29)26-11-4-12-28-13-15-31-16-14-28/h3,5-10H,4,11-16H2,1-2H3,(H,26,29). The molecule has 1 saturated heterocycles. The summed E-state index contributed by atoms with van der Waals surface area (Å²) in [5.41, 5.74) is 3.20. The van der Waals surface area contributed by atoms with E-state index >= 15 is 0 Å². The molecule has 0 aliphatic carbocycles. The highest BCUT2D eigenvalue weighted by atomic mass is 16.5. The number of ether oxygens (including phenoxy) is 1. The molecular weight excluding hydrogens is 392 g/mol. The third kappa shape index (κ3) is 4.52. The zero-order valence-electron chi connectivity index (χ0n) is 18.1. The number of nitrogens with zero attached hydrogens (tertiary/aromatic N) is 3. The van der Waals surface area contributed by atoms with Gasteiger partial charge < -0.3 is 14.6 Å². The molecule has 0 unspecified atom stereocenters. The second-order valence-electron chi connectivity index (χ2n) is 7.92. The number of amides is 1. The number of rotatable bonds is 6. The van der Waals surface area contributed by atoms with Crippen LogP contribution in [0, 0.1) is 6.92 Å². The lowest BCUT2D eigenvalue weighted by molar-refractivity contribution is 0.0374. The van der Waals surface area contributed by atoms with Crippen LogP contribution in [0.2, 0.25) is 0 Å². The number of carbonyl (C=O) groups is 1. The van der Waals surface area contributed by atoms with Gasteiger partial charge in [0.2, 0.25) is 0 Å². The molecule has 1 amide bonds. The number of aromatic nitrogens is 2. The molecule has 4 rings (SSSR count). The van der Waals surface area contributed by atoms with Gasteiger partial charge in [0.1, 0.15) is 11.2 Å². The normalized spacial score (nSPS) is 14.6. The van der Waals surface area contributed by atoms with Gasteiger partial charge in [-0.15, -0.1) is 0 Å². The fourth-order valence-electron chi connectivity index (χ4n) is 4.02. The maximum Gasteiger partial charge on any atom is 0.277 e. The minimum atomic E-state index is -0.273. The molecule has 0 atom stereocenters. The van der Waals surface area contributed by atoms with E-state index in [0.717, 1.165) is 56.0 Å². The fraction of sp³-hybridized carbons (Fsp3) is 0.375. The summed E-state index contributed by atoms with van der Waals surface area (Å²) in [5.74, 6) is -0.247. The van der Waals surface area contributed by atoms with Crippen molar-refractivity contribution >= 4 is 16.8 Å². The first-order valence-corrected chi connectivity index (χ1v) is 10.7. The third-order valence-corrected chi connectivity index (χ3v) is 5.75. The molecule has 7 heteroatoms. The number of hydrogen-bond acceptors (Lipinski definition) is 5. The number of benzene rings is 1. The highest BCUT2D eigenvalue weighted by molar-refractivity contribution is 6.07. The van der Waals surface area contributed by atoms with Gasteiger partial charge in [0.15, 0.2) is 0 Å². The zero-order chi connectivity index (χ0) is 21.8. The molecule has 1 N–H and O–H groups in total. The Kier molecular flexibility index (Phi) is 6.44. The average Bonchev–Trinajstić information content (AvgIpc) is 2.80. The number of pyridine rings is 2.